The van der Waals surface area contributed by atoms with Gasteiger partial charge in [-0.25, -0.2) is 9.18 Å². The number of rotatable bonds is 3. The summed E-state index contributed by atoms with van der Waals surface area (Å²) < 4.78 is 18.3. The lowest BCUT2D eigenvalue weighted by Gasteiger charge is -2.05. The molecule has 1 N–H and O–H groups in total. The Labute approximate surface area is 92.8 Å². The summed E-state index contributed by atoms with van der Waals surface area (Å²) in [5, 5.41) is 8.41. The summed E-state index contributed by atoms with van der Waals surface area (Å²) in [6, 6.07) is 2.02. The molecule has 0 unspecified atom stereocenters. The molecular weight excluding hydrogens is 271 g/mol. The molecule has 0 amide bonds. The van der Waals surface area contributed by atoms with Gasteiger partial charge in [-0.2, -0.15) is 0 Å². The number of carbonyl (C=O) groups is 2. The quantitative estimate of drug-likeness (QED) is 0.676. The van der Waals surface area contributed by atoms with Crippen LogP contribution in [0.2, 0.25) is 0 Å². The normalized spacial score (nSPS) is 9.80. The number of halogens is 2. The largest absolute Gasteiger partial charge is 0.495 e. The number of carbonyl (C=O) groups excluding carboxylic acids is 1. The Balaban J connectivity index is 3.28. The summed E-state index contributed by atoms with van der Waals surface area (Å²) in [5.74, 6) is -3.74. The van der Waals surface area contributed by atoms with Crippen molar-refractivity contribution in [2.75, 3.05) is 7.11 Å². The van der Waals surface area contributed by atoms with Gasteiger partial charge in [0.15, 0.2) is 0 Å². The van der Waals surface area contributed by atoms with Gasteiger partial charge in [0.1, 0.15) is 11.6 Å². The molecule has 0 aromatic heterocycles. The second-order valence-electron chi connectivity index (χ2n) is 2.60. The molecule has 1 aromatic rings. The Morgan fingerprint density at radius 3 is 2.53 bits per heavy atom. The number of Topliss-reactive ketones (excluding diaryl/α,β-unsaturated/α-hetero) is 1. The molecule has 1 rings (SSSR count). The minimum absolute atomic E-state index is 0.189. The number of benzene rings is 1. The second-order valence-corrected chi connectivity index (χ2v) is 3.46. The van der Waals surface area contributed by atoms with Gasteiger partial charge >= 0.3 is 5.97 Å². The van der Waals surface area contributed by atoms with E-state index in [1.165, 1.54) is 7.11 Å². The van der Waals surface area contributed by atoms with E-state index in [0.717, 1.165) is 12.1 Å². The van der Waals surface area contributed by atoms with Gasteiger partial charge in [0.05, 0.1) is 17.1 Å². The highest BCUT2D eigenvalue weighted by Crippen LogP contribution is 2.28. The molecule has 15 heavy (non-hydrogen) atoms. The SMILES string of the molecule is COc1cc(F)c(C(=O)C(=O)O)cc1Br. The monoisotopic (exact) mass is 276 g/mol. The number of carboxylic acids is 1. The van der Waals surface area contributed by atoms with E-state index < -0.39 is 23.1 Å². The van der Waals surface area contributed by atoms with Crippen LogP contribution in [0.15, 0.2) is 16.6 Å². The number of ketones is 1. The molecule has 0 heterocycles. The van der Waals surface area contributed by atoms with Crippen molar-refractivity contribution < 1.29 is 23.8 Å². The molecular formula is C9H6BrFO4. The van der Waals surface area contributed by atoms with E-state index in [-0.39, 0.29) is 5.75 Å². The molecule has 4 nitrogen and oxygen atoms in total. The molecule has 0 aliphatic rings. The zero-order valence-corrected chi connectivity index (χ0v) is 9.17. The van der Waals surface area contributed by atoms with Crippen LogP contribution in [-0.4, -0.2) is 24.0 Å². The molecule has 0 saturated heterocycles. The van der Waals surface area contributed by atoms with Crippen molar-refractivity contribution in [2.24, 2.45) is 0 Å². The van der Waals surface area contributed by atoms with E-state index in [1.54, 1.807) is 0 Å². The van der Waals surface area contributed by atoms with Crippen LogP contribution in [0.3, 0.4) is 0 Å². The zero-order valence-electron chi connectivity index (χ0n) is 7.58. The summed E-state index contributed by atoms with van der Waals surface area (Å²) in [5.41, 5.74) is -0.504. The Hall–Kier alpha value is -1.43. The van der Waals surface area contributed by atoms with Crippen molar-refractivity contribution in [1.29, 1.82) is 0 Å². The predicted octanol–water partition coefficient (Wildman–Crippen LogP) is 1.86. The first-order valence-electron chi connectivity index (χ1n) is 3.78. The highest BCUT2D eigenvalue weighted by Gasteiger charge is 2.20. The van der Waals surface area contributed by atoms with E-state index in [9.17, 15) is 14.0 Å². The second kappa shape index (κ2) is 4.39. The van der Waals surface area contributed by atoms with Gasteiger partial charge in [-0.1, -0.05) is 0 Å². The highest BCUT2D eigenvalue weighted by atomic mass is 79.9. The van der Waals surface area contributed by atoms with E-state index in [1.807, 2.05) is 0 Å². The lowest BCUT2D eigenvalue weighted by atomic mass is 10.1. The Morgan fingerprint density at radius 1 is 1.47 bits per heavy atom. The summed E-state index contributed by atoms with van der Waals surface area (Å²) in [6.07, 6.45) is 0. The van der Waals surface area contributed by atoms with Gasteiger partial charge in [-0.05, 0) is 22.0 Å². The molecule has 0 bridgehead atoms. The lowest BCUT2D eigenvalue weighted by Crippen LogP contribution is -2.14. The van der Waals surface area contributed by atoms with Gasteiger partial charge in [0, 0.05) is 6.07 Å². The lowest BCUT2D eigenvalue weighted by molar-refractivity contribution is -0.131. The average Bonchev–Trinajstić information content (AvgIpc) is 2.19. The zero-order chi connectivity index (χ0) is 11.6. The summed E-state index contributed by atoms with van der Waals surface area (Å²) in [4.78, 5) is 21.4. The fraction of sp³-hybridized carbons (Fsp3) is 0.111. The smallest absolute Gasteiger partial charge is 0.377 e. The predicted molar refractivity (Wildman–Crippen MR) is 52.6 cm³/mol. The van der Waals surface area contributed by atoms with Crippen LogP contribution in [0.25, 0.3) is 0 Å². The molecule has 0 spiro atoms. The van der Waals surface area contributed by atoms with Gasteiger partial charge < -0.3 is 9.84 Å². The van der Waals surface area contributed by atoms with Crippen molar-refractivity contribution in [3.8, 4) is 5.75 Å². The fourth-order valence-corrected chi connectivity index (χ4v) is 1.48. The Kier molecular flexibility index (Phi) is 3.41. The number of methoxy groups -OCH3 is 1. The minimum Gasteiger partial charge on any atom is -0.495 e. The van der Waals surface area contributed by atoms with E-state index >= 15 is 0 Å². The van der Waals surface area contributed by atoms with Crippen molar-refractivity contribution in [3.05, 3.63) is 28.0 Å². The van der Waals surface area contributed by atoms with Crippen LogP contribution in [0.4, 0.5) is 4.39 Å². The van der Waals surface area contributed by atoms with Crippen LogP contribution < -0.4 is 4.74 Å². The van der Waals surface area contributed by atoms with E-state index in [2.05, 4.69) is 15.9 Å². The molecule has 0 saturated carbocycles. The minimum atomic E-state index is -1.70. The number of aliphatic carboxylic acids is 1. The van der Waals surface area contributed by atoms with Gasteiger partial charge in [0.25, 0.3) is 5.78 Å². The summed E-state index contributed by atoms with van der Waals surface area (Å²) in [7, 11) is 1.33. The molecule has 80 valence electrons. The molecule has 0 aliphatic heterocycles. The van der Waals surface area contributed by atoms with E-state index in [4.69, 9.17) is 9.84 Å². The van der Waals surface area contributed by atoms with Crippen molar-refractivity contribution in [2.45, 2.75) is 0 Å². The molecule has 0 radical (unpaired) electrons. The standard InChI is InChI=1S/C9H6BrFO4/c1-15-7-3-6(11)4(2-5(7)10)8(12)9(13)14/h2-3H,1H3,(H,13,14). The van der Waals surface area contributed by atoms with Crippen LogP contribution in [0, 0.1) is 5.82 Å². The number of ether oxygens (including phenoxy) is 1. The third-order valence-electron chi connectivity index (χ3n) is 1.68. The first kappa shape index (κ1) is 11.6. The van der Waals surface area contributed by atoms with Gasteiger partial charge in [0.2, 0.25) is 0 Å². The van der Waals surface area contributed by atoms with Crippen LogP contribution in [0.1, 0.15) is 10.4 Å². The number of hydrogen-bond donors (Lipinski definition) is 1. The maximum absolute atomic E-state index is 13.2. The Morgan fingerprint density at radius 2 is 2.07 bits per heavy atom. The molecule has 0 aliphatic carbocycles. The van der Waals surface area contributed by atoms with Crippen LogP contribution in [-0.2, 0) is 4.79 Å². The van der Waals surface area contributed by atoms with E-state index in [0.29, 0.717) is 4.47 Å². The average molecular weight is 277 g/mol. The van der Waals surface area contributed by atoms with Gasteiger partial charge in [-0.15, -0.1) is 0 Å². The van der Waals surface area contributed by atoms with Crippen LogP contribution in [0.5, 0.6) is 5.75 Å². The van der Waals surface area contributed by atoms with Crippen LogP contribution >= 0.6 is 15.9 Å². The summed E-state index contributed by atoms with van der Waals surface area (Å²) >= 11 is 3.02. The topological polar surface area (TPSA) is 63.6 Å². The Bertz CT molecular complexity index is 430. The maximum Gasteiger partial charge on any atom is 0.377 e. The summed E-state index contributed by atoms with van der Waals surface area (Å²) in [6.45, 7) is 0. The molecule has 0 fully saturated rings. The number of carboxylic acid groups (broad SMARTS) is 1. The molecule has 0 atom stereocenters. The van der Waals surface area contributed by atoms with Crippen molar-refractivity contribution in [1.82, 2.24) is 0 Å². The number of hydrogen-bond acceptors (Lipinski definition) is 3. The van der Waals surface area contributed by atoms with Crippen molar-refractivity contribution in [3.63, 3.8) is 0 Å². The fourth-order valence-electron chi connectivity index (χ4n) is 0.974. The van der Waals surface area contributed by atoms with Gasteiger partial charge in [-0.3, -0.25) is 4.79 Å². The molecule has 6 heteroatoms. The maximum atomic E-state index is 13.2. The molecule has 1 aromatic carbocycles. The van der Waals surface area contributed by atoms with Crippen molar-refractivity contribution >= 4 is 27.7 Å². The first-order valence-corrected chi connectivity index (χ1v) is 4.57. The third kappa shape index (κ3) is 2.33. The third-order valence-corrected chi connectivity index (χ3v) is 2.30. The highest BCUT2D eigenvalue weighted by molar-refractivity contribution is 9.10. The first-order chi connectivity index (χ1) is 6.97.